The van der Waals surface area contributed by atoms with Gasteiger partial charge in [0.1, 0.15) is 5.75 Å². The van der Waals surface area contributed by atoms with Crippen molar-refractivity contribution in [1.29, 1.82) is 0 Å². The molecule has 1 aromatic rings. The number of ether oxygens (including phenoxy) is 4. The molecule has 0 aromatic heterocycles. The molecule has 0 spiro atoms. The Labute approximate surface area is 157 Å². The number of para-hydroxylation sites is 1. The smallest absolute Gasteiger partial charge is 0.409 e. The molecule has 0 atom stereocenters. The van der Waals surface area contributed by atoms with Crippen molar-refractivity contribution in [3.63, 3.8) is 0 Å². The van der Waals surface area contributed by atoms with Gasteiger partial charge in [-0.15, -0.1) is 0 Å². The van der Waals surface area contributed by atoms with Crippen molar-refractivity contribution in [2.45, 2.75) is 20.0 Å². The molecular formula is C15H20O7Si3. The molecule has 25 heavy (non-hydrogen) atoms. The zero-order chi connectivity index (χ0) is 19.2. The second-order valence-corrected chi connectivity index (χ2v) is 6.31. The maximum atomic E-state index is 12.0. The van der Waals surface area contributed by atoms with E-state index in [1.807, 2.05) is 12.1 Å². The van der Waals surface area contributed by atoms with E-state index in [2.05, 4.69) is 29.2 Å². The number of benzene rings is 1. The number of hydrogen-bond acceptors (Lipinski definition) is 7. The largest absolute Gasteiger partial charge is 0.496 e. The van der Waals surface area contributed by atoms with Gasteiger partial charge in [0.05, 0.1) is 33.0 Å². The highest BCUT2D eigenvalue weighted by atomic mass is 28.3. The van der Waals surface area contributed by atoms with Crippen LogP contribution in [-0.4, -0.2) is 64.4 Å². The van der Waals surface area contributed by atoms with Crippen LogP contribution in [0.5, 0.6) is 5.75 Å². The van der Waals surface area contributed by atoms with E-state index in [1.54, 1.807) is 33.1 Å². The van der Waals surface area contributed by atoms with E-state index in [0.717, 1.165) is 0 Å². The zero-order valence-electron chi connectivity index (χ0n) is 14.7. The fourth-order valence-corrected chi connectivity index (χ4v) is 2.26. The van der Waals surface area contributed by atoms with Gasteiger partial charge in [0, 0.05) is 0 Å². The monoisotopic (exact) mass is 396 g/mol. The number of carbonyl (C=O) groups is 1. The lowest BCUT2D eigenvalue weighted by molar-refractivity contribution is -0.146. The van der Waals surface area contributed by atoms with Crippen molar-refractivity contribution in [2.24, 2.45) is 0 Å². The van der Waals surface area contributed by atoms with E-state index < -0.39 is 5.97 Å². The highest BCUT2D eigenvalue weighted by Gasteiger charge is 2.23. The third-order valence-electron chi connectivity index (χ3n) is 2.58. The van der Waals surface area contributed by atoms with Crippen LogP contribution in [0.1, 0.15) is 19.4 Å². The van der Waals surface area contributed by atoms with Gasteiger partial charge in [0.2, 0.25) is 26.7 Å². The molecule has 0 N–H and O–H groups in total. The Morgan fingerprint density at radius 3 is 2.04 bits per heavy atom. The first kappa shape index (κ1) is 23.4. The van der Waals surface area contributed by atoms with E-state index in [0.29, 0.717) is 11.3 Å². The molecule has 0 unspecified atom stereocenters. The standard InChI is InChI=1S/C15H20O5.O2Si3/c1-10(2)20-15(16)14(19-5)13(18-4)11-8-6-7-9-12(11)17-3;3-1-5-2-4/h6-10H,1-5H3;. The molecule has 1 rings (SSSR count). The normalized spacial score (nSPS) is 11.0. The minimum Gasteiger partial charge on any atom is -0.496 e. The summed E-state index contributed by atoms with van der Waals surface area (Å²) in [5.74, 6) is 0.280. The van der Waals surface area contributed by atoms with Crippen molar-refractivity contribution in [2.75, 3.05) is 21.3 Å². The fraction of sp³-hybridized carbons (Fsp3) is 0.400. The van der Waals surface area contributed by atoms with Gasteiger partial charge in [-0.1, -0.05) is 12.1 Å². The first-order valence-electron chi connectivity index (χ1n) is 7.03. The Bertz CT molecular complexity index is 548. The summed E-state index contributed by atoms with van der Waals surface area (Å²) in [6.07, 6.45) is -0.247. The predicted octanol–water partition coefficient (Wildman–Crippen LogP) is 1.33. The Balaban J connectivity index is 0.00000101. The van der Waals surface area contributed by atoms with Crippen molar-refractivity contribution >= 4 is 42.7 Å². The molecule has 0 aliphatic carbocycles. The summed E-state index contributed by atoms with van der Waals surface area (Å²) in [7, 11) is 9.84. The third kappa shape index (κ3) is 8.36. The van der Waals surface area contributed by atoms with Gasteiger partial charge in [0.25, 0.3) is 0 Å². The molecule has 134 valence electrons. The van der Waals surface area contributed by atoms with Crippen LogP contribution < -0.4 is 4.74 Å². The summed E-state index contributed by atoms with van der Waals surface area (Å²) in [5, 5.41) is 0. The first-order chi connectivity index (χ1) is 12.0. The summed E-state index contributed by atoms with van der Waals surface area (Å²) in [6, 6.07) is 7.20. The lowest BCUT2D eigenvalue weighted by Gasteiger charge is -2.16. The molecule has 0 saturated carbocycles. The predicted molar refractivity (Wildman–Crippen MR) is 94.6 cm³/mol. The SMILES string of the molecule is COC(C(=O)OC(C)C)=C(OC)c1ccccc1OC.[Si]O[Si]O[Si]. The summed E-state index contributed by atoms with van der Waals surface area (Å²) < 4.78 is 29.4. The number of methoxy groups -OCH3 is 3. The maximum absolute atomic E-state index is 12.0. The second kappa shape index (κ2) is 13.7. The van der Waals surface area contributed by atoms with Crippen LogP contribution in [0, 0.1) is 0 Å². The van der Waals surface area contributed by atoms with E-state index in [-0.39, 0.29) is 27.6 Å². The van der Waals surface area contributed by atoms with Crippen LogP contribution >= 0.6 is 0 Å². The molecule has 0 aliphatic rings. The number of esters is 1. The average molecular weight is 397 g/mol. The number of hydrogen-bond donors (Lipinski definition) is 0. The molecule has 0 fully saturated rings. The molecule has 8 radical (unpaired) electrons. The van der Waals surface area contributed by atoms with Crippen LogP contribution in [-0.2, 0) is 27.2 Å². The molecular weight excluding hydrogens is 376 g/mol. The lowest BCUT2D eigenvalue weighted by atomic mass is 10.1. The Morgan fingerprint density at radius 2 is 1.64 bits per heavy atom. The number of rotatable bonds is 8. The molecule has 0 amide bonds. The number of carbonyl (C=O) groups excluding carboxylic acids is 1. The molecule has 0 heterocycles. The topological polar surface area (TPSA) is 72.5 Å². The van der Waals surface area contributed by atoms with Crippen LogP contribution in [0.2, 0.25) is 0 Å². The van der Waals surface area contributed by atoms with E-state index >= 15 is 0 Å². The zero-order valence-corrected chi connectivity index (χ0v) is 17.7. The van der Waals surface area contributed by atoms with Gasteiger partial charge >= 0.3 is 16.0 Å². The van der Waals surface area contributed by atoms with Crippen molar-refractivity contribution in [1.82, 2.24) is 0 Å². The molecule has 0 saturated heterocycles. The summed E-state index contributed by atoms with van der Waals surface area (Å²) in [6.45, 7) is 3.53. The molecule has 0 bridgehead atoms. The van der Waals surface area contributed by atoms with Crippen LogP contribution in [0.15, 0.2) is 30.0 Å². The van der Waals surface area contributed by atoms with Crippen LogP contribution in [0.4, 0.5) is 0 Å². The van der Waals surface area contributed by atoms with E-state index in [1.165, 1.54) is 14.2 Å². The van der Waals surface area contributed by atoms with Gasteiger partial charge < -0.3 is 27.2 Å². The van der Waals surface area contributed by atoms with Gasteiger partial charge in [-0.25, -0.2) is 4.79 Å². The average Bonchev–Trinajstić information content (AvgIpc) is 2.60. The minimum atomic E-state index is -0.578. The summed E-state index contributed by atoms with van der Waals surface area (Å²) >= 11 is 0. The summed E-state index contributed by atoms with van der Waals surface area (Å²) in [4.78, 5) is 12.0. The quantitative estimate of drug-likeness (QED) is 0.284. The van der Waals surface area contributed by atoms with Crippen molar-refractivity contribution < 1.29 is 32.0 Å². The van der Waals surface area contributed by atoms with Crippen LogP contribution in [0.25, 0.3) is 5.76 Å². The second-order valence-electron chi connectivity index (χ2n) is 4.51. The van der Waals surface area contributed by atoms with Gasteiger partial charge in [-0.05, 0) is 26.0 Å². The molecule has 1 aromatic carbocycles. The minimum absolute atomic E-state index is 0.00528. The fourth-order valence-electron chi connectivity index (χ4n) is 1.71. The van der Waals surface area contributed by atoms with E-state index in [9.17, 15) is 4.79 Å². The molecule has 10 heteroatoms. The lowest BCUT2D eigenvalue weighted by Crippen LogP contribution is -2.17. The van der Waals surface area contributed by atoms with Crippen LogP contribution in [0.3, 0.4) is 0 Å². The molecule has 7 nitrogen and oxygen atoms in total. The summed E-state index contributed by atoms with van der Waals surface area (Å²) in [5.41, 5.74) is 0.620. The Morgan fingerprint density at radius 1 is 1.04 bits per heavy atom. The van der Waals surface area contributed by atoms with E-state index in [4.69, 9.17) is 18.9 Å². The Kier molecular flexibility index (Phi) is 12.8. The van der Waals surface area contributed by atoms with Crippen molar-refractivity contribution in [3.05, 3.63) is 35.6 Å². The van der Waals surface area contributed by atoms with Gasteiger partial charge in [-0.3, -0.25) is 0 Å². The third-order valence-corrected chi connectivity index (χ3v) is 3.24. The van der Waals surface area contributed by atoms with Crippen molar-refractivity contribution in [3.8, 4) is 5.75 Å². The first-order valence-corrected chi connectivity index (χ1v) is 8.66. The maximum Gasteiger partial charge on any atom is 0.409 e. The van der Waals surface area contributed by atoms with Gasteiger partial charge in [0.15, 0.2) is 5.76 Å². The highest BCUT2D eigenvalue weighted by Crippen LogP contribution is 2.29. The van der Waals surface area contributed by atoms with Gasteiger partial charge in [-0.2, -0.15) is 0 Å². The Hall–Kier alpha value is -1.60. The molecule has 0 aliphatic heterocycles. The highest BCUT2D eigenvalue weighted by molar-refractivity contribution is 6.33.